The van der Waals surface area contributed by atoms with Gasteiger partial charge in [-0.15, -0.1) is 16.4 Å². The second-order valence-corrected chi connectivity index (χ2v) is 11.0. The lowest BCUT2D eigenvalue weighted by atomic mass is 9.81. The van der Waals surface area contributed by atoms with Gasteiger partial charge in [-0.2, -0.15) is 0 Å². The molecule has 0 fully saturated rings. The summed E-state index contributed by atoms with van der Waals surface area (Å²) in [5, 5.41) is 35.5. The molecule has 0 saturated heterocycles. The number of anilines is 1. The van der Waals surface area contributed by atoms with Gasteiger partial charge in [-0.25, -0.2) is 18.9 Å². The van der Waals surface area contributed by atoms with Crippen LogP contribution in [0.5, 0.6) is 17.2 Å². The van der Waals surface area contributed by atoms with Gasteiger partial charge in [-0.1, -0.05) is 5.21 Å². The van der Waals surface area contributed by atoms with Crippen LogP contribution in [0.3, 0.4) is 0 Å². The Bertz CT molecular complexity index is 1620. The van der Waals surface area contributed by atoms with Gasteiger partial charge in [0.1, 0.15) is 30.0 Å². The molecule has 226 valence electrons. The Balaban J connectivity index is 1.42. The molecular formula is C28H30FN7O6S. The van der Waals surface area contributed by atoms with Crippen LogP contribution in [0.15, 0.2) is 48.1 Å². The minimum atomic E-state index is -1.39. The van der Waals surface area contributed by atoms with E-state index in [9.17, 15) is 24.2 Å². The fourth-order valence-electron chi connectivity index (χ4n) is 4.82. The van der Waals surface area contributed by atoms with Crippen LogP contribution in [0, 0.1) is 5.82 Å². The number of rotatable bonds is 12. The number of hydrogen-bond acceptors (Lipinski definition) is 11. The zero-order chi connectivity index (χ0) is 30.6. The Morgan fingerprint density at radius 3 is 2.86 bits per heavy atom. The van der Waals surface area contributed by atoms with E-state index in [1.54, 1.807) is 23.8 Å². The predicted molar refractivity (Wildman–Crippen MR) is 154 cm³/mol. The Labute approximate surface area is 249 Å². The van der Waals surface area contributed by atoms with Crippen molar-refractivity contribution in [3.8, 4) is 17.2 Å². The largest absolute Gasteiger partial charge is 0.488 e. The number of nitrogens with zero attached hydrogens (tertiary/aromatic N) is 4. The number of benzene rings is 2. The van der Waals surface area contributed by atoms with Gasteiger partial charge in [-0.05, 0) is 48.7 Å². The minimum absolute atomic E-state index is 0.0133. The molecule has 3 heterocycles. The van der Waals surface area contributed by atoms with E-state index in [2.05, 4.69) is 25.9 Å². The van der Waals surface area contributed by atoms with E-state index in [0.717, 1.165) is 23.3 Å². The molecule has 43 heavy (non-hydrogen) atoms. The lowest BCUT2D eigenvalue weighted by Gasteiger charge is -2.37. The molecule has 2 aromatic carbocycles. The number of aromatic nitrogens is 4. The molecule has 1 aliphatic heterocycles. The molecule has 0 bridgehead atoms. The Kier molecular flexibility index (Phi) is 8.96. The molecule has 0 radical (unpaired) electrons. The van der Waals surface area contributed by atoms with Crippen molar-refractivity contribution in [1.82, 2.24) is 25.3 Å². The summed E-state index contributed by atoms with van der Waals surface area (Å²) < 4.78 is 28.1. The predicted octanol–water partition coefficient (Wildman–Crippen LogP) is 2.83. The van der Waals surface area contributed by atoms with Crippen molar-refractivity contribution in [1.29, 1.82) is 0 Å². The number of thiazole rings is 1. The highest BCUT2D eigenvalue weighted by atomic mass is 32.1. The first-order valence-corrected chi connectivity index (χ1v) is 14.3. The van der Waals surface area contributed by atoms with Crippen LogP contribution in [0.1, 0.15) is 46.6 Å². The van der Waals surface area contributed by atoms with Gasteiger partial charge in [-0.3, -0.25) is 4.79 Å². The summed E-state index contributed by atoms with van der Waals surface area (Å²) in [5.41, 5.74) is 6.31. The van der Waals surface area contributed by atoms with Gasteiger partial charge in [0.2, 0.25) is 5.91 Å². The summed E-state index contributed by atoms with van der Waals surface area (Å²) in [4.78, 5) is 28.3. The maximum atomic E-state index is 14.5. The second kappa shape index (κ2) is 12.8. The number of aromatic carboxylic acids is 1. The summed E-state index contributed by atoms with van der Waals surface area (Å²) in [7, 11) is 0. The van der Waals surface area contributed by atoms with Crippen LogP contribution in [-0.4, -0.2) is 61.8 Å². The number of amides is 1. The number of ether oxygens (including phenoxy) is 2. The van der Waals surface area contributed by atoms with E-state index in [4.69, 9.17) is 15.2 Å². The highest BCUT2D eigenvalue weighted by Gasteiger charge is 2.35. The summed E-state index contributed by atoms with van der Waals surface area (Å²) in [6.45, 7) is 2.98. The Morgan fingerprint density at radius 1 is 1.30 bits per heavy atom. The highest BCUT2D eigenvalue weighted by molar-refractivity contribution is 7.13. The van der Waals surface area contributed by atoms with Crippen LogP contribution < -0.4 is 25.8 Å². The fourth-order valence-corrected chi connectivity index (χ4v) is 5.36. The van der Waals surface area contributed by atoms with Crippen LogP contribution in [0.2, 0.25) is 0 Å². The molecule has 5 rings (SSSR count). The van der Waals surface area contributed by atoms with Crippen molar-refractivity contribution >= 4 is 28.3 Å². The SMILES string of the molecule is C[C@]1(CC(=O)Nc2nccs2)NCCc2cc(OCCn3cc(C(O)CN)nn3)c(Oc3ccc(C(=O)O)c(F)c3)cc21. The molecule has 2 aromatic heterocycles. The van der Waals surface area contributed by atoms with E-state index in [0.29, 0.717) is 36.1 Å². The van der Waals surface area contributed by atoms with Gasteiger partial charge < -0.3 is 36.1 Å². The van der Waals surface area contributed by atoms with Gasteiger partial charge in [0.25, 0.3) is 0 Å². The standard InChI is InChI=1S/C28H30FN7O6S/c1-28(13-25(38)33-27-31-6-9-43-27)19-12-24(42-17-2-3-18(26(39)40)20(29)11-17)23(10-16(19)4-5-32-28)41-8-7-36-15-21(34-35-36)22(37)14-30/h2-3,6,9-12,15,22,32,37H,4-5,7-8,13-14,30H2,1H3,(H,39,40)(H,31,33,38)/t22?,28-/m1/s1. The number of fused-ring (bicyclic) bond motifs is 1. The number of carbonyl (C=O) groups is 2. The van der Waals surface area contributed by atoms with E-state index >= 15 is 0 Å². The molecule has 1 aliphatic rings. The molecule has 1 unspecified atom stereocenters. The number of carboxylic acids is 1. The lowest BCUT2D eigenvalue weighted by molar-refractivity contribution is -0.117. The zero-order valence-corrected chi connectivity index (χ0v) is 23.9. The van der Waals surface area contributed by atoms with Gasteiger partial charge >= 0.3 is 5.97 Å². The van der Waals surface area contributed by atoms with Gasteiger partial charge in [0.05, 0.1) is 18.3 Å². The Hall–Kier alpha value is -4.44. The molecule has 0 spiro atoms. The minimum Gasteiger partial charge on any atom is -0.488 e. The molecule has 6 N–H and O–H groups in total. The molecule has 0 aliphatic carbocycles. The summed E-state index contributed by atoms with van der Waals surface area (Å²) in [5.74, 6) is -1.89. The fraction of sp³-hybridized carbons (Fsp3) is 0.321. The molecular weight excluding hydrogens is 581 g/mol. The van der Waals surface area contributed by atoms with Crippen LogP contribution in [0.4, 0.5) is 9.52 Å². The molecule has 4 aromatic rings. The van der Waals surface area contributed by atoms with E-state index in [1.807, 2.05) is 13.0 Å². The van der Waals surface area contributed by atoms with Crippen molar-refractivity contribution in [3.63, 3.8) is 0 Å². The highest BCUT2D eigenvalue weighted by Crippen LogP contribution is 2.41. The van der Waals surface area contributed by atoms with Crippen molar-refractivity contribution in [2.24, 2.45) is 5.73 Å². The number of carboxylic acid groups (broad SMARTS) is 1. The quantitative estimate of drug-likeness (QED) is 0.159. The number of aliphatic hydroxyl groups is 1. The van der Waals surface area contributed by atoms with E-state index < -0.39 is 29.0 Å². The maximum absolute atomic E-state index is 14.5. The first-order chi connectivity index (χ1) is 20.6. The van der Waals surface area contributed by atoms with Crippen LogP contribution in [-0.2, 0) is 23.3 Å². The summed E-state index contributed by atoms with van der Waals surface area (Å²) in [6.07, 6.45) is 3.02. The number of carbonyl (C=O) groups excluding carboxylic acids is 1. The molecule has 15 heteroatoms. The summed E-state index contributed by atoms with van der Waals surface area (Å²) >= 11 is 1.32. The van der Waals surface area contributed by atoms with E-state index in [1.165, 1.54) is 22.1 Å². The molecule has 13 nitrogen and oxygen atoms in total. The summed E-state index contributed by atoms with van der Waals surface area (Å²) in [6, 6.07) is 7.05. The zero-order valence-electron chi connectivity index (χ0n) is 23.1. The third-order valence-corrected chi connectivity index (χ3v) is 7.65. The lowest BCUT2D eigenvalue weighted by Crippen LogP contribution is -2.47. The van der Waals surface area contributed by atoms with Gasteiger partial charge in [0, 0.05) is 42.7 Å². The number of halogens is 1. The van der Waals surface area contributed by atoms with E-state index in [-0.39, 0.29) is 37.0 Å². The van der Waals surface area contributed by atoms with Crippen molar-refractivity contribution in [2.45, 2.75) is 38.0 Å². The molecule has 1 amide bonds. The second-order valence-electron chi connectivity index (χ2n) is 10.1. The normalized spacial score (nSPS) is 16.7. The van der Waals surface area contributed by atoms with Crippen LogP contribution in [0.25, 0.3) is 0 Å². The number of aliphatic hydroxyl groups excluding tert-OH is 1. The topological polar surface area (TPSA) is 187 Å². The first-order valence-electron chi connectivity index (χ1n) is 13.4. The third kappa shape index (κ3) is 6.97. The Morgan fingerprint density at radius 2 is 2.14 bits per heavy atom. The van der Waals surface area contributed by atoms with Gasteiger partial charge in [0.15, 0.2) is 16.6 Å². The number of nitrogens with two attached hydrogens (primary N) is 1. The number of hydrogen-bond donors (Lipinski definition) is 5. The maximum Gasteiger partial charge on any atom is 0.338 e. The number of nitrogens with one attached hydrogen (secondary N) is 2. The van der Waals surface area contributed by atoms with Crippen molar-refractivity contribution in [2.75, 3.05) is 25.0 Å². The third-order valence-electron chi connectivity index (χ3n) is 6.96. The monoisotopic (exact) mass is 611 g/mol. The molecule has 2 atom stereocenters. The van der Waals surface area contributed by atoms with Crippen molar-refractivity contribution < 1.29 is 33.7 Å². The average Bonchev–Trinajstić information content (AvgIpc) is 3.65. The van der Waals surface area contributed by atoms with Crippen molar-refractivity contribution in [3.05, 3.63) is 76.3 Å². The van der Waals surface area contributed by atoms with Crippen LogP contribution >= 0.6 is 11.3 Å². The smallest absolute Gasteiger partial charge is 0.338 e. The molecule has 0 saturated carbocycles. The first kappa shape index (κ1) is 30.0. The average molecular weight is 612 g/mol.